The van der Waals surface area contributed by atoms with Gasteiger partial charge in [0.1, 0.15) is 0 Å². The fourth-order valence-electron chi connectivity index (χ4n) is 0.816. The number of pyridine rings is 1. The summed E-state index contributed by atoms with van der Waals surface area (Å²) in [5.74, 6) is 0. The summed E-state index contributed by atoms with van der Waals surface area (Å²) >= 11 is 3.30. The zero-order valence-corrected chi connectivity index (χ0v) is 7.82. The van der Waals surface area contributed by atoms with Gasteiger partial charge in [-0.2, -0.15) is 0 Å². The number of hydrogen-bond donors (Lipinski definition) is 1. The Labute approximate surface area is 74.4 Å². The third kappa shape index (κ3) is 2.27. The molecule has 2 unspecified atom stereocenters. The van der Waals surface area contributed by atoms with Crippen LogP contribution in [0.4, 0.5) is 0 Å². The molecule has 2 nitrogen and oxygen atoms in total. The van der Waals surface area contributed by atoms with E-state index >= 15 is 0 Å². The van der Waals surface area contributed by atoms with E-state index in [1.165, 1.54) is 0 Å². The molecule has 0 saturated carbocycles. The average molecular weight is 216 g/mol. The smallest absolute Gasteiger partial charge is 0.0927 e. The van der Waals surface area contributed by atoms with E-state index in [-0.39, 0.29) is 4.83 Å². The molecule has 1 rings (SSSR count). The van der Waals surface area contributed by atoms with Gasteiger partial charge in [0.05, 0.1) is 6.10 Å². The molecule has 1 aromatic heterocycles. The van der Waals surface area contributed by atoms with E-state index in [2.05, 4.69) is 20.9 Å². The monoisotopic (exact) mass is 215 g/mol. The molecular weight excluding hydrogens is 206 g/mol. The molecular formula is C8H10BrNO. The Morgan fingerprint density at radius 3 is 2.82 bits per heavy atom. The maximum atomic E-state index is 9.51. The standard InChI is InChI=1S/C8H10BrNO/c1-6(9)8(11)7-3-2-4-10-5-7/h2-6,8,11H,1H3. The van der Waals surface area contributed by atoms with Gasteiger partial charge in [-0.15, -0.1) is 0 Å². The van der Waals surface area contributed by atoms with E-state index < -0.39 is 6.10 Å². The van der Waals surface area contributed by atoms with Crippen LogP contribution >= 0.6 is 15.9 Å². The van der Waals surface area contributed by atoms with Crippen LogP contribution in [0.25, 0.3) is 0 Å². The number of nitrogens with zero attached hydrogens (tertiary/aromatic N) is 1. The lowest BCUT2D eigenvalue weighted by molar-refractivity contribution is 0.181. The Bertz CT molecular complexity index is 213. The van der Waals surface area contributed by atoms with Crippen molar-refractivity contribution < 1.29 is 5.11 Å². The number of halogens is 1. The molecule has 0 aliphatic heterocycles. The van der Waals surface area contributed by atoms with Gasteiger partial charge in [0.15, 0.2) is 0 Å². The number of hydrogen-bond acceptors (Lipinski definition) is 2. The zero-order chi connectivity index (χ0) is 8.27. The molecule has 1 heterocycles. The summed E-state index contributed by atoms with van der Waals surface area (Å²) in [4.78, 5) is 3.97. The van der Waals surface area contributed by atoms with Crippen LogP contribution in [0.2, 0.25) is 0 Å². The van der Waals surface area contributed by atoms with Crippen LogP contribution in [-0.4, -0.2) is 14.9 Å². The van der Waals surface area contributed by atoms with Crippen molar-refractivity contribution in [2.75, 3.05) is 0 Å². The molecule has 0 radical (unpaired) electrons. The number of aromatic nitrogens is 1. The maximum Gasteiger partial charge on any atom is 0.0927 e. The van der Waals surface area contributed by atoms with E-state index in [0.29, 0.717) is 0 Å². The van der Waals surface area contributed by atoms with Gasteiger partial charge in [-0.05, 0) is 18.6 Å². The highest BCUT2D eigenvalue weighted by Crippen LogP contribution is 2.20. The van der Waals surface area contributed by atoms with Gasteiger partial charge in [0.2, 0.25) is 0 Å². The first-order valence-corrected chi connectivity index (χ1v) is 4.35. The molecule has 3 heteroatoms. The highest BCUT2D eigenvalue weighted by Gasteiger charge is 2.12. The van der Waals surface area contributed by atoms with Crippen LogP contribution in [-0.2, 0) is 0 Å². The lowest BCUT2D eigenvalue weighted by Gasteiger charge is -2.11. The largest absolute Gasteiger partial charge is 0.387 e. The van der Waals surface area contributed by atoms with E-state index in [1.54, 1.807) is 12.4 Å². The molecule has 0 aliphatic rings. The van der Waals surface area contributed by atoms with Crippen molar-refractivity contribution in [3.63, 3.8) is 0 Å². The first kappa shape index (κ1) is 8.68. The predicted octanol–water partition coefficient (Wildman–Crippen LogP) is 1.90. The summed E-state index contributed by atoms with van der Waals surface area (Å²) in [6, 6.07) is 3.67. The average Bonchev–Trinajstić information content (AvgIpc) is 2.05. The molecule has 1 N–H and O–H groups in total. The van der Waals surface area contributed by atoms with Crippen LogP contribution in [0.5, 0.6) is 0 Å². The molecule has 2 atom stereocenters. The molecule has 0 aromatic carbocycles. The van der Waals surface area contributed by atoms with Crippen LogP contribution < -0.4 is 0 Å². The van der Waals surface area contributed by atoms with Gasteiger partial charge < -0.3 is 5.11 Å². The van der Waals surface area contributed by atoms with Gasteiger partial charge in [-0.3, -0.25) is 4.98 Å². The minimum absolute atomic E-state index is 0.0618. The number of aliphatic hydroxyl groups excluding tert-OH is 1. The maximum absolute atomic E-state index is 9.51. The molecule has 0 saturated heterocycles. The predicted molar refractivity (Wildman–Crippen MR) is 47.6 cm³/mol. The Hall–Kier alpha value is -0.410. The quantitative estimate of drug-likeness (QED) is 0.766. The summed E-state index contributed by atoms with van der Waals surface area (Å²) in [5, 5.41) is 9.51. The molecule has 0 fully saturated rings. The van der Waals surface area contributed by atoms with Gasteiger partial charge in [-0.1, -0.05) is 22.0 Å². The first-order chi connectivity index (χ1) is 5.22. The van der Waals surface area contributed by atoms with Crippen LogP contribution in [0, 0.1) is 0 Å². The van der Waals surface area contributed by atoms with E-state index in [4.69, 9.17) is 0 Å². The Morgan fingerprint density at radius 2 is 2.36 bits per heavy atom. The summed E-state index contributed by atoms with van der Waals surface area (Å²) in [6.07, 6.45) is 2.89. The third-order valence-corrected chi connectivity index (χ3v) is 1.96. The Morgan fingerprint density at radius 1 is 1.64 bits per heavy atom. The summed E-state index contributed by atoms with van der Waals surface area (Å²) in [6.45, 7) is 1.90. The summed E-state index contributed by atoms with van der Waals surface area (Å²) < 4.78 is 0. The molecule has 60 valence electrons. The Balaban J connectivity index is 2.77. The minimum atomic E-state index is -0.469. The lowest BCUT2D eigenvalue weighted by Crippen LogP contribution is -2.07. The zero-order valence-electron chi connectivity index (χ0n) is 6.24. The molecule has 0 amide bonds. The molecule has 0 spiro atoms. The summed E-state index contributed by atoms with van der Waals surface area (Å²) in [5.41, 5.74) is 0.844. The molecule has 11 heavy (non-hydrogen) atoms. The van der Waals surface area contributed by atoms with Gasteiger partial charge in [-0.25, -0.2) is 0 Å². The van der Waals surface area contributed by atoms with Crippen molar-refractivity contribution in [1.29, 1.82) is 0 Å². The van der Waals surface area contributed by atoms with E-state index in [9.17, 15) is 5.11 Å². The molecule has 0 aliphatic carbocycles. The second-order valence-electron chi connectivity index (χ2n) is 2.41. The van der Waals surface area contributed by atoms with Crippen molar-refractivity contribution in [3.8, 4) is 0 Å². The molecule has 0 bridgehead atoms. The van der Waals surface area contributed by atoms with E-state index in [1.807, 2.05) is 19.1 Å². The number of aliphatic hydroxyl groups is 1. The number of alkyl halides is 1. The summed E-state index contributed by atoms with van der Waals surface area (Å²) in [7, 11) is 0. The fraction of sp³-hybridized carbons (Fsp3) is 0.375. The molecule has 1 aromatic rings. The van der Waals surface area contributed by atoms with Gasteiger partial charge in [0.25, 0.3) is 0 Å². The second kappa shape index (κ2) is 3.83. The Kier molecular flexibility index (Phi) is 3.02. The van der Waals surface area contributed by atoms with Crippen molar-refractivity contribution in [1.82, 2.24) is 4.98 Å². The van der Waals surface area contributed by atoms with Crippen LogP contribution in [0.3, 0.4) is 0 Å². The van der Waals surface area contributed by atoms with Crippen molar-refractivity contribution in [3.05, 3.63) is 30.1 Å². The highest BCUT2D eigenvalue weighted by atomic mass is 79.9. The minimum Gasteiger partial charge on any atom is -0.387 e. The topological polar surface area (TPSA) is 33.1 Å². The van der Waals surface area contributed by atoms with Crippen molar-refractivity contribution in [2.45, 2.75) is 17.9 Å². The van der Waals surface area contributed by atoms with Gasteiger partial charge in [0, 0.05) is 17.2 Å². The number of rotatable bonds is 2. The first-order valence-electron chi connectivity index (χ1n) is 3.44. The van der Waals surface area contributed by atoms with Crippen molar-refractivity contribution >= 4 is 15.9 Å². The van der Waals surface area contributed by atoms with Crippen molar-refractivity contribution in [2.24, 2.45) is 0 Å². The SMILES string of the molecule is CC(Br)C(O)c1cccnc1. The fourth-order valence-corrected chi connectivity index (χ4v) is 1.12. The normalized spacial score (nSPS) is 15.9. The third-order valence-electron chi connectivity index (χ3n) is 1.46. The van der Waals surface area contributed by atoms with Crippen LogP contribution in [0.1, 0.15) is 18.6 Å². The van der Waals surface area contributed by atoms with E-state index in [0.717, 1.165) is 5.56 Å². The lowest BCUT2D eigenvalue weighted by atomic mass is 10.1. The van der Waals surface area contributed by atoms with Gasteiger partial charge >= 0.3 is 0 Å². The highest BCUT2D eigenvalue weighted by molar-refractivity contribution is 9.09. The second-order valence-corrected chi connectivity index (χ2v) is 3.85. The van der Waals surface area contributed by atoms with Crippen LogP contribution in [0.15, 0.2) is 24.5 Å².